The first-order valence-electron chi connectivity index (χ1n) is 8.49. The highest BCUT2D eigenvalue weighted by atomic mass is 16.5. The first kappa shape index (κ1) is 14.6. The molecule has 1 spiro atoms. The molecule has 1 aromatic carbocycles. The monoisotopic (exact) mass is 308 g/mol. The highest BCUT2D eigenvalue weighted by molar-refractivity contribution is 5.73. The van der Waals surface area contributed by atoms with E-state index in [9.17, 15) is 0 Å². The van der Waals surface area contributed by atoms with Gasteiger partial charge in [-0.1, -0.05) is 12.5 Å². The SMILES string of the molecule is COc1cc2c(c(C)c1C)N(c1ccccn1)CC1(CCC1)C2. The zero-order valence-corrected chi connectivity index (χ0v) is 14.2. The van der Waals surface area contributed by atoms with E-state index in [2.05, 4.69) is 41.9 Å². The van der Waals surface area contributed by atoms with Crippen molar-refractivity contribution >= 4 is 11.5 Å². The van der Waals surface area contributed by atoms with Crippen LogP contribution in [0.4, 0.5) is 11.5 Å². The number of anilines is 2. The fourth-order valence-electron chi connectivity index (χ4n) is 4.26. The molecule has 0 saturated heterocycles. The molecule has 2 heterocycles. The summed E-state index contributed by atoms with van der Waals surface area (Å²) in [5.41, 5.74) is 5.74. The van der Waals surface area contributed by atoms with Gasteiger partial charge in [-0.05, 0) is 73.4 Å². The number of methoxy groups -OCH3 is 1. The first-order valence-corrected chi connectivity index (χ1v) is 8.49. The third-order valence-electron chi connectivity index (χ3n) is 5.79. The zero-order chi connectivity index (χ0) is 16.0. The van der Waals surface area contributed by atoms with E-state index in [0.717, 1.165) is 18.1 Å². The molecule has 1 aliphatic carbocycles. The van der Waals surface area contributed by atoms with E-state index in [1.54, 1.807) is 7.11 Å². The van der Waals surface area contributed by atoms with Crippen LogP contribution in [0.25, 0.3) is 0 Å². The van der Waals surface area contributed by atoms with Crippen molar-refractivity contribution in [3.05, 3.63) is 47.2 Å². The van der Waals surface area contributed by atoms with Crippen LogP contribution in [0.5, 0.6) is 5.75 Å². The van der Waals surface area contributed by atoms with Crippen LogP contribution in [0.3, 0.4) is 0 Å². The van der Waals surface area contributed by atoms with Crippen LogP contribution in [0, 0.1) is 19.3 Å². The number of pyridine rings is 1. The molecule has 3 heteroatoms. The Hall–Kier alpha value is -2.03. The summed E-state index contributed by atoms with van der Waals surface area (Å²) in [4.78, 5) is 7.08. The van der Waals surface area contributed by atoms with Gasteiger partial charge in [0, 0.05) is 18.4 Å². The summed E-state index contributed by atoms with van der Waals surface area (Å²) in [5, 5.41) is 0. The summed E-state index contributed by atoms with van der Waals surface area (Å²) in [7, 11) is 1.77. The smallest absolute Gasteiger partial charge is 0.132 e. The molecule has 4 rings (SSSR count). The number of nitrogens with zero attached hydrogens (tertiary/aromatic N) is 2. The second kappa shape index (κ2) is 5.26. The Kier molecular flexibility index (Phi) is 3.33. The van der Waals surface area contributed by atoms with Crippen LogP contribution in [-0.2, 0) is 6.42 Å². The van der Waals surface area contributed by atoms with Crippen LogP contribution >= 0.6 is 0 Å². The van der Waals surface area contributed by atoms with Gasteiger partial charge in [-0.3, -0.25) is 0 Å². The summed E-state index contributed by atoms with van der Waals surface area (Å²) in [6.07, 6.45) is 7.06. The molecule has 0 bridgehead atoms. The van der Waals surface area contributed by atoms with Crippen molar-refractivity contribution in [1.29, 1.82) is 0 Å². The summed E-state index contributed by atoms with van der Waals surface area (Å²) in [5.74, 6) is 2.07. The molecule has 23 heavy (non-hydrogen) atoms. The number of ether oxygens (including phenoxy) is 1. The Labute approximate surface area is 138 Å². The maximum absolute atomic E-state index is 5.62. The second-order valence-electron chi connectivity index (χ2n) is 7.14. The largest absolute Gasteiger partial charge is 0.496 e. The standard InChI is InChI=1S/C20H24N2O/c1-14-15(2)19-16(11-17(14)23-3)12-20(8-6-9-20)13-22(19)18-7-4-5-10-21-18/h4-5,7,10-11H,6,8-9,12-13H2,1-3H3. The normalized spacial score (nSPS) is 18.5. The van der Waals surface area contributed by atoms with Gasteiger partial charge in [-0.25, -0.2) is 4.98 Å². The van der Waals surface area contributed by atoms with Crippen LogP contribution in [0.1, 0.15) is 36.0 Å². The highest BCUT2D eigenvalue weighted by Gasteiger charge is 2.44. The van der Waals surface area contributed by atoms with Gasteiger partial charge in [0.1, 0.15) is 11.6 Å². The lowest BCUT2D eigenvalue weighted by molar-refractivity contribution is 0.138. The van der Waals surface area contributed by atoms with E-state index in [1.165, 1.54) is 48.1 Å². The van der Waals surface area contributed by atoms with Crippen LogP contribution in [0.15, 0.2) is 30.5 Å². The second-order valence-corrected chi connectivity index (χ2v) is 7.14. The fourth-order valence-corrected chi connectivity index (χ4v) is 4.26. The fraction of sp³-hybridized carbons (Fsp3) is 0.450. The lowest BCUT2D eigenvalue weighted by Gasteiger charge is -2.50. The number of aromatic nitrogens is 1. The highest BCUT2D eigenvalue weighted by Crippen LogP contribution is 2.52. The molecule has 120 valence electrons. The van der Waals surface area contributed by atoms with Gasteiger partial charge in [-0.15, -0.1) is 0 Å². The number of rotatable bonds is 2. The number of hydrogen-bond donors (Lipinski definition) is 0. The number of hydrogen-bond acceptors (Lipinski definition) is 3. The molecule has 0 N–H and O–H groups in total. The number of benzene rings is 1. The topological polar surface area (TPSA) is 25.4 Å². The molecule has 1 saturated carbocycles. The zero-order valence-electron chi connectivity index (χ0n) is 14.2. The van der Waals surface area contributed by atoms with Gasteiger partial charge in [0.15, 0.2) is 0 Å². The molecule has 2 aromatic rings. The molecular formula is C20H24N2O. The predicted octanol–water partition coefficient (Wildman–Crippen LogP) is 4.57. The van der Waals surface area contributed by atoms with Crippen molar-refractivity contribution in [1.82, 2.24) is 4.98 Å². The van der Waals surface area contributed by atoms with Crippen LogP contribution < -0.4 is 9.64 Å². The van der Waals surface area contributed by atoms with Crippen LogP contribution in [-0.4, -0.2) is 18.6 Å². The van der Waals surface area contributed by atoms with Crippen molar-refractivity contribution < 1.29 is 4.74 Å². The van der Waals surface area contributed by atoms with E-state index in [1.807, 2.05) is 12.3 Å². The van der Waals surface area contributed by atoms with Gasteiger partial charge in [0.2, 0.25) is 0 Å². The van der Waals surface area contributed by atoms with Crippen molar-refractivity contribution in [3.63, 3.8) is 0 Å². The maximum Gasteiger partial charge on any atom is 0.132 e. The third kappa shape index (κ3) is 2.21. The third-order valence-corrected chi connectivity index (χ3v) is 5.79. The Morgan fingerprint density at radius 1 is 1.17 bits per heavy atom. The van der Waals surface area contributed by atoms with Crippen molar-refractivity contribution in [2.45, 2.75) is 39.5 Å². The molecule has 1 aliphatic heterocycles. The first-order chi connectivity index (χ1) is 11.1. The molecule has 3 nitrogen and oxygen atoms in total. The average Bonchev–Trinajstić information content (AvgIpc) is 2.56. The molecule has 0 radical (unpaired) electrons. The van der Waals surface area contributed by atoms with E-state index < -0.39 is 0 Å². The molecule has 1 fully saturated rings. The van der Waals surface area contributed by atoms with E-state index in [4.69, 9.17) is 4.74 Å². The molecule has 0 amide bonds. The van der Waals surface area contributed by atoms with E-state index in [-0.39, 0.29) is 0 Å². The minimum Gasteiger partial charge on any atom is -0.496 e. The quantitative estimate of drug-likeness (QED) is 0.812. The van der Waals surface area contributed by atoms with Gasteiger partial charge < -0.3 is 9.64 Å². The molecule has 0 unspecified atom stereocenters. The Morgan fingerprint density at radius 2 is 2.00 bits per heavy atom. The van der Waals surface area contributed by atoms with Gasteiger partial charge in [0.05, 0.1) is 7.11 Å². The van der Waals surface area contributed by atoms with Gasteiger partial charge in [0.25, 0.3) is 0 Å². The van der Waals surface area contributed by atoms with E-state index in [0.29, 0.717) is 5.41 Å². The number of fused-ring (bicyclic) bond motifs is 1. The minimum absolute atomic E-state index is 0.428. The molecule has 0 atom stereocenters. The Bertz CT molecular complexity index is 735. The van der Waals surface area contributed by atoms with E-state index >= 15 is 0 Å². The van der Waals surface area contributed by atoms with Crippen molar-refractivity contribution in [2.75, 3.05) is 18.6 Å². The predicted molar refractivity (Wildman–Crippen MR) is 93.7 cm³/mol. The average molecular weight is 308 g/mol. The summed E-state index contributed by atoms with van der Waals surface area (Å²) >= 11 is 0. The Balaban J connectivity index is 1.90. The van der Waals surface area contributed by atoms with Gasteiger partial charge >= 0.3 is 0 Å². The summed E-state index contributed by atoms with van der Waals surface area (Å²) in [6.45, 7) is 5.45. The Morgan fingerprint density at radius 3 is 2.61 bits per heavy atom. The molecular weight excluding hydrogens is 284 g/mol. The summed E-state index contributed by atoms with van der Waals surface area (Å²) < 4.78 is 5.62. The van der Waals surface area contributed by atoms with Crippen molar-refractivity contribution in [2.24, 2.45) is 5.41 Å². The maximum atomic E-state index is 5.62. The lowest BCUT2D eigenvalue weighted by Crippen LogP contribution is -2.46. The molecule has 2 aliphatic rings. The van der Waals surface area contributed by atoms with Crippen molar-refractivity contribution in [3.8, 4) is 5.75 Å². The van der Waals surface area contributed by atoms with Gasteiger partial charge in [-0.2, -0.15) is 0 Å². The molecule has 1 aromatic heterocycles. The van der Waals surface area contributed by atoms with Crippen LogP contribution in [0.2, 0.25) is 0 Å². The minimum atomic E-state index is 0.428. The lowest BCUT2D eigenvalue weighted by atomic mass is 9.63. The summed E-state index contributed by atoms with van der Waals surface area (Å²) in [6, 6.07) is 8.45.